The summed E-state index contributed by atoms with van der Waals surface area (Å²) in [5, 5.41) is 0. The van der Waals surface area contributed by atoms with Crippen LogP contribution in [-0.2, 0) is 18.8 Å². The maximum absolute atomic E-state index is 12.7. The van der Waals surface area contributed by atoms with E-state index in [4.69, 9.17) is 4.43 Å². The van der Waals surface area contributed by atoms with E-state index in [0.717, 1.165) is 6.42 Å². The average molecular weight is 421 g/mol. The van der Waals surface area contributed by atoms with E-state index >= 15 is 0 Å². The summed E-state index contributed by atoms with van der Waals surface area (Å²) in [6.45, 7) is 8.65. The highest BCUT2D eigenvalue weighted by Crippen LogP contribution is 2.37. The molecule has 0 aromatic rings. The van der Waals surface area contributed by atoms with E-state index in [1.54, 1.807) is 12.2 Å². The number of unbranched alkanes of at least 4 members (excludes halogenated alkanes) is 5. The summed E-state index contributed by atoms with van der Waals surface area (Å²) in [5.74, 6) is 0.389. The number of Topliss-reactive ketones (excluding diaryl/α,β-unsaturated/α-hetero) is 1. The zero-order valence-corrected chi connectivity index (χ0v) is 20.0. The van der Waals surface area contributed by atoms with E-state index < -0.39 is 8.32 Å². The van der Waals surface area contributed by atoms with Gasteiger partial charge in [0.05, 0.1) is 7.11 Å². The van der Waals surface area contributed by atoms with Crippen molar-refractivity contribution in [3.05, 3.63) is 36.5 Å². The van der Waals surface area contributed by atoms with Crippen LogP contribution >= 0.6 is 0 Å². The van der Waals surface area contributed by atoms with Crippen molar-refractivity contribution >= 4 is 20.1 Å². The minimum atomic E-state index is -1.80. The van der Waals surface area contributed by atoms with E-state index in [0.29, 0.717) is 12.3 Å². The van der Waals surface area contributed by atoms with Gasteiger partial charge in [-0.25, -0.2) is 4.79 Å². The smallest absolute Gasteiger partial charge is 0.330 e. The van der Waals surface area contributed by atoms with Crippen molar-refractivity contribution < 1.29 is 18.8 Å². The third-order valence-corrected chi connectivity index (χ3v) is 6.14. The molecular weight excluding hydrogens is 380 g/mol. The number of hydrogen-bond acceptors (Lipinski definition) is 4. The molecular formula is C24H40O4Si. The number of hydrogen-bond donors (Lipinski definition) is 0. The number of ether oxygens (including phenoxy) is 1. The summed E-state index contributed by atoms with van der Waals surface area (Å²) >= 11 is 0. The van der Waals surface area contributed by atoms with Gasteiger partial charge in [0.2, 0.25) is 0 Å². The molecule has 0 aliphatic heterocycles. The Morgan fingerprint density at radius 1 is 1.03 bits per heavy atom. The van der Waals surface area contributed by atoms with Gasteiger partial charge in [-0.1, -0.05) is 75.8 Å². The molecule has 1 aliphatic carbocycles. The molecule has 0 saturated heterocycles. The highest BCUT2D eigenvalue weighted by molar-refractivity contribution is 6.69. The second-order valence-corrected chi connectivity index (χ2v) is 13.3. The topological polar surface area (TPSA) is 52.6 Å². The standard InChI is InChI=1S/C24H40O4Si/c1-6-7-8-9-10-13-16-20-19-22(25)24(28-29(3,4)5)21(20)17-14-11-12-15-18-23(26)27-2/h11-12,14-15,17-18,20-21,24H,6-10,13,16,19H2,1-5H3/t20-,21+,24+/m0/s1. The highest BCUT2D eigenvalue weighted by Gasteiger charge is 2.43. The Morgan fingerprint density at radius 2 is 1.69 bits per heavy atom. The Bertz CT molecular complexity index is 586. The van der Waals surface area contributed by atoms with E-state index in [-0.39, 0.29) is 23.8 Å². The first kappa shape index (κ1) is 25.6. The van der Waals surface area contributed by atoms with Gasteiger partial charge in [-0.05, 0) is 32.0 Å². The maximum Gasteiger partial charge on any atom is 0.330 e. The summed E-state index contributed by atoms with van der Waals surface area (Å²) in [4.78, 5) is 23.8. The van der Waals surface area contributed by atoms with Crippen LogP contribution in [0.25, 0.3) is 0 Å². The van der Waals surface area contributed by atoms with Crippen LogP contribution in [0.3, 0.4) is 0 Å². The van der Waals surface area contributed by atoms with Crippen LogP contribution in [-0.4, -0.2) is 33.3 Å². The van der Waals surface area contributed by atoms with Crippen molar-refractivity contribution in [3.8, 4) is 0 Å². The van der Waals surface area contributed by atoms with Crippen LogP contribution in [0, 0.1) is 11.8 Å². The van der Waals surface area contributed by atoms with Crippen LogP contribution in [0.4, 0.5) is 0 Å². The molecule has 0 spiro atoms. The molecule has 1 saturated carbocycles. The van der Waals surface area contributed by atoms with Crippen molar-refractivity contribution in [1.29, 1.82) is 0 Å². The fourth-order valence-electron chi connectivity index (χ4n) is 3.76. The Labute approximate surface area is 178 Å². The molecule has 1 fully saturated rings. The van der Waals surface area contributed by atoms with E-state index in [9.17, 15) is 9.59 Å². The first-order valence-electron chi connectivity index (χ1n) is 11.1. The second kappa shape index (κ2) is 13.7. The molecule has 3 atom stereocenters. The molecule has 0 aromatic carbocycles. The van der Waals surface area contributed by atoms with Gasteiger partial charge in [0.25, 0.3) is 0 Å². The number of carbonyl (C=O) groups is 2. The lowest BCUT2D eigenvalue weighted by atomic mass is 9.89. The Kier molecular flexibility index (Phi) is 12.1. The number of ketones is 1. The maximum atomic E-state index is 12.7. The highest BCUT2D eigenvalue weighted by atomic mass is 28.4. The average Bonchev–Trinajstić information content (AvgIpc) is 2.94. The number of methoxy groups -OCH3 is 1. The normalized spacial score (nSPS) is 23.1. The summed E-state index contributed by atoms with van der Waals surface area (Å²) in [6, 6.07) is 0. The molecule has 0 amide bonds. The molecule has 4 nitrogen and oxygen atoms in total. The zero-order chi connectivity index (χ0) is 21.7. The molecule has 29 heavy (non-hydrogen) atoms. The van der Waals surface area contributed by atoms with Gasteiger partial charge >= 0.3 is 5.97 Å². The summed E-state index contributed by atoms with van der Waals surface area (Å²) < 4.78 is 10.8. The minimum Gasteiger partial charge on any atom is -0.466 e. The molecule has 0 N–H and O–H groups in total. The third kappa shape index (κ3) is 10.8. The number of allylic oxidation sites excluding steroid dienone is 4. The van der Waals surface area contributed by atoms with Crippen molar-refractivity contribution in [2.45, 2.75) is 84.0 Å². The predicted molar refractivity (Wildman–Crippen MR) is 122 cm³/mol. The van der Waals surface area contributed by atoms with Gasteiger partial charge in [-0.3, -0.25) is 4.79 Å². The SMILES string of the molecule is CCCCCCCC[C@H]1CC(=O)[C@H](O[Si](C)(C)C)[C@@H]1C=CC=CC=CC(=O)OC. The van der Waals surface area contributed by atoms with Crippen LogP contribution in [0.15, 0.2) is 36.5 Å². The van der Waals surface area contributed by atoms with E-state index in [2.05, 4.69) is 37.4 Å². The van der Waals surface area contributed by atoms with Gasteiger partial charge in [0.15, 0.2) is 14.1 Å². The Hall–Kier alpha value is -1.46. The van der Waals surface area contributed by atoms with E-state index in [1.165, 1.54) is 51.7 Å². The molecule has 0 bridgehead atoms. The number of carbonyl (C=O) groups excluding carboxylic acids is 2. The molecule has 0 unspecified atom stereocenters. The van der Waals surface area contributed by atoms with Crippen molar-refractivity contribution in [2.24, 2.45) is 11.8 Å². The van der Waals surface area contributed by atoms with Gasteiger partial charge in [0.1, 0.15) is 6.10 Å². The lowest BCUT2D eigenvalue weighted by Gasteiger charge is -2.27. The first-order valence-corrected chi connectivity index (χ1v) is 14.5. The zero-order valence-electron chi connectivity index (χ0n) is 19.0. The van der Waals surface area contributed by atoms with Crippen LogP contribution < -0.4 is 0 Å². The quantitative estimate of drug-likeness (QED) is 0.120. The summed E-state index contributed by atoms with van der Waals surface area (Å²) in [5.41, 5.74) is 0. The fourth-order valence-corrected chi connectivity index (χ4v) is 4.81. The first-order chi connectivity index (χ1) is 13.8. The van der Waals surface area contributed by atoms with Crippen LogP contribution in [0.1, 0.15) is 58.3 Å². The third-order valence-electron chi connectivity index (χ3n) is 5.18. The molecule has 5 heteroatoms. The molecule has 0 radical (unpaired) electrons. The molecule has 1 aliphatic rings. The van der Waals surface area contributed by atoms with Gasteiger partial charge < -0.3 is 9.16 Å². The van der Waals surface area contributed by atoms with E-state index in [1.807, 2.05) is 12.2 Å². The lowest BCUT2D eigenvalue weighted by Crippen LogP contribution is -2.37. The van der Waals surface area contributed by atoms with Gasteiger partial charge in [0, 0.05) is 18.4 Å². The molecule has 0 aromatic heterocycles. The second-order valence-electron chi connectivity index (χ2n) is 8.87. The van der Waals surface area contributed by atoms with Crippen molar-refractivity contribution in [1.82, 2.24) is 0 Å². The van der Waals surface area contributed by atoms with Gasteiger partial charge in [-0.15, -0.1) is 0 Å². The Morgan fingerprint density at radius 3 is 2.34 bits per heavy atom. The van der Waals surface area contributed by atoms with Crippen molar-refractivity contribution in [2.75, 3.05) is 7.11 Å². The lowest BCUT2D eigenvalue weighted by molar-refractivity contribution is -0.134. The number of esters is 1. The van der Waals surface area contributed by atoms with Gasteiger partial charge in [-0.2, -0.15) is 0 Å². The Balaban J connectivity index is 2.71. The molecule has 0 heterocycles. The van der Waals surface area contributed by atoms with Crippen LogP contribution in [0.2, 0.25) is 19.6 Å². The summed E-state index contributed by atoms with van der Waals surface area (Å²) in [7, 11) is -0.444. The predicted octanol–water partition coefficient (Wildman–Crippen LogP) is 6.00. The monoisotopic (exact) mass is 420 g/mol. The van der Waals surface area contributed by atoms with Crippen molar-refractivity contribution in [3.63, 3.8) is 0 Å². The fraction of sp³-hybridized carbons (Fsp3) is 0.667. The minimum absolute atomic E-state index is 0.138. The summed E-state index contributed by atoms with van der Waals surface area (Å²) in [6.07, 6.45) is 19.8. The number of rotatable bonds is 13. The molecule has 164 valence electrons. The largest absolute Gasteiger partial charge is 0.466 e. The molecule has 1 rings (SSSR count). The van der Waals surface area contributed by atoms with Crippen LogP contribution in [0.5, 0.6) is 0 Å².